The molecule has 0 unspecified atom stereocenters. The van der Waals surface area contributed by atoms with Gasteiger partial charge in [-0.15, -0.1) is 0 Å². The van der Waals surface area contributed by atoms with Crippen LogP contribution in [0.4, 0.5) is 0 Å². The molecule has 0 fully saturated rings. The van der Waals surface area contributed by atoms with E-state index in [1.807, 2.05) is 0 Å². The Hall–Kier alpha value is -0.780. The van der Waals surface area contributed by atoms with E-state index in [9.17, 15) is 8.42 Å². The molecule has 1 rings (SSSR count). The summed E-state index contributed by atoms with van der Waals surface area (Å²) in [6.07, 6.45) is 0. The maximum Gasteiger partial charge on any atom is 0.153 e. The van der Waals surface area contributed by atoms with Crippen molar-refractivity contribution < 1.29 is 13.2 Å². The summed E-state index contributed by atoms with van der Waals surface area (Å²) in [5, 5.41) is 0.446. The standard InChI is InChI=1S/C11H16ClNO3S/c1-2-17(14,15)6-5-16-11-4-3-9(8-13)7-10(11)12/h3-4,7H,2,5-6,8,13H2,1H3. The monoisotopic (exact) mass is 277 g/mol. The first-order chi connectivity index (χ1) is 7.98. The zero-order valence-corrected chi connectivity index (χ0v) is 11.2. The predicted molar refractivity (Wildman–Crippen MR) is 69.2 cm³/mol. The van der Waals surface area contributed by atoms with Crippen LogP contribution in [0.2, 0.25) is 5.02 Å². The molecule has 0 aromatic heterocycles. The van der Waals surface area contributed by atoms with Crippen LogP contribution < -0.4 is 10.5 Å². The fraction of sp³-hybridized carbons (Fsp3) is 0.455. The van der Waals surface area contributed by atoms with Crippen molar-refractivity contribution in [2.45, 2.75) is 13.5 Å². The van der Waals surface area contributed by atoms with Gasteiger partial charge in [0, 0.05) is 12.3 Å². The highest BCUT2D eigenvalue weighted by atomic mass is 35.5. The second kappa shape index (κ2) is 6.23. The van der Waals surface area contributed by atoms with Crippen molar-refractivity contribution in [3.05, 3.63) is 28.8 Å². The Kier molecular flexibility index (Phi) is 5.24. The van der Waals surface area contributed by atoms with E-state index in [4.69, 9.17) is 22.1 Å². The SMILES string of the molecule is CCS(=O)(=O)CCOc1ccc(CN)cc1Cl. The molecule has 6 heteroatoms. The number of hydrogen-bond donors (Lipinski definition) is 1. The fourth-order valence-electron chi connectivity index (χ4n) is 1.21. The van der Waals surface area contributed by atoms with Gasteiger partial charge in [0.25, 0.3) is 0 Å². The van der Waals surface area contributed by atoms with Crippen molar-refractivity contribution in [2.75, 3.05) is 18.1 Å². The van der Waals surface area contributed by atoms with Crippen molar-refractivity contribution in [3.8, 4) is 5.75 Å². The number of ether oxygens (including phenoxy) is 1. The van der Waals surface area contributed by atoms with E-state index < -0.39 is 9.84 Å². The summed E-state index contributed by atoms with van der Waals surface area (Å²) in [6.45, 7) is 2.13. The second-order valence-corrected chi connectivity index (χ2v) is 6.43. The molecule has 0 bridgehead atoms. The third-order valence-corrected chi connectivity index (χ3v) is 4.29. The van der Waals surface area contributed by atoms with Crippen molar-refractivity contribution in [3.63, 3.8) is 0 Å². The van der Waals surface area contributed by atoms with Gasteiger partial charge < -0.3 is 10.5 Å². The molecular weight excluding hydrogens is 262 g/mol. The highest BCUT2D eigenvalue weighted by Gasteiger charge is 2.08. The molecule has 1 aromatic rings. The molecule has 0 aliphatic carbocycles. The van der Waals surface area contributed by atoms with Crippen molar-refractivity contribution in [1.29, 1.82) is 0 Å². The number of rotatable bonds is 6. The van der Waals surface area contributed by atoms with Gasteiger partial charge in [0.1, 0.15) is 12.4 Å². The molecule has 0 heterocycles. The lowest BCUT2D eigenvalue weighted by atomic mass is 10.2. The lowest BCUT2D eigenvalue weighted by molar-refractivity contribution is 0.341. The van der Waals surface area contributed by atoms with Gasteiger partial charge in [-0.1, -0.05) is 24.6 Å². The van der Waals surface area contributed by atoms with Gasteiger partial charge in [-0.25, -0.2) is 8.42 Å². The van der Waals surface area contributed by atoms with E-state index in [-0.39, 0.29) is 18.1 Å². The molecule has 96 valence electrons. The Morgan fingerprint density at radius 3 is 2.65 bits per heavy atom. The molecule has 17 heavy (non-hydrogen) atoms. The highest BCUT2D eigenvalue weighted by molar-refractivity contribution is 7.91. The summed E-state index contributed by atoms with van der Waals surface area (Å²) < 4.78 is 27.8. The van der Waals surface area contributed by atoms with Crippen LogP contribution in [0, 0.1) is 0 Å². The summed E-state index contributed by atoms with van der Waals surface area (Å²) >= 11 is 5.96. The average molecular weight is 278 g/mol. The molecule has 1 aromatic carbocycles. The van der Waals surface area contributed by atoms with Crippen molar-refractivity contribution in [2.24, 2.45) is 5.73 Å². The lowest BCUT2D eigenvalue weighted by Gasteiger charge is -2.08. The molecule has 0 aliphatic rings. The first-order valence-electron chi connectivity index (χ1n) is 5.30. The number of sulfone groups is 1. The zero-order valence-electron chi connectivity index (χ0n) is 9.65. The maximum atomic E-state index is 11.2. The number of nitrogens with two attached hydrogens (primary N) is 1. The van der Waals surface area contributed by atoms with Gasteiger partial charge in [-0.3, -0.25) is 0 Å². The maximum absolute atomic E-state index is 11.2. The topological polar surface area (TPSA) is 69.4 Å². The van der Waals surface area contributed by atoms with Gasteiger partial charge >= 0.3 is 0 Å². The summed E-state index contributed by atoms with van der Waals surface area (Å²) in [6, 6.07) is 5.21. The van der Waals surface area contributed by atoms with Gasteiger partial charge in [0.15, 0.2) is 9.84 Å². The summed E-state index contributed by atoms with van der Waals surface area (Å²) in [5.74, 6) is 0.601. The lowest BCUT2D eigenvalue weighted by Crippen LogP contribution is -2.15. The van der Waals surface area contributed by atoms with Crippen LogP contribution in [0.5, 0.6) is 5.75 Å². The van der Waals surface area contributed by atoms with Crippen LogP contribution >= 0.6 is 11.6 Å². The Balaban J connectivity index is 2.58. The largest absolute Gasteiger partial charge is 0.491 e. The highest BCUT2D eigenvalue weighted by Crippen LogP contribution is 2.25. The van der Waals surface area contributed by atoms with Crippen LogP contribution in [0.15, 0.2) is 18.2 Å². The molecule has 2 N–H and O–H groups in total. The van der Waals surface area contributed by atoms with Gasteiger partial charge in [0.05, 0.1) is 10.8 Å². The predicted octanol–water partition coefficient (Wildman–Crippen LogP) is 1.61. The third kappa shape index (κ3) is 4.53. The van der Waals surface area contributed by atoms with Crippen LogP contribution in [0.1, 0.15) is 12.5 Å². The molecule has 4 nitrogen and oxygen atoms in total. The minimum absolute atomic E-state index is 0.00152. The normalized spacial score (nSPS) is 11.5. The third-order valence-electron chi connectivity index (χ3n) is 2.32. The van der Waals surface area contributed by atoms with Crippen LogP contribution in [0.25, 0.3) is 0 Å². The van der Waals surface area contributed by atoms with Crippen LogP contribution in [-0.2, 0) is 16.4 Å². The summed E-state index contributed by atoms with van der Waals surface area (Å²) in [4.78, 5) is 0. The number of hydrogen-bond acceptors (Lipinski definition) is 4. The molecule has 0 spiro atoms. The van der Waals surface area contributed by atoms with Gasteiger partial charge in [-0.2, -0.15) is 0 Å². The zero-order chi connectivity index (χ0) is 12.9. The molecule has 0 atom stereocenters. The van der Waals surface area contributed by atoms with E-state index >= 15 is 0 Å². The van der Waals surface area contributed by atoms with E-state index in [1.165, 1.54) is 0 Å². The molecule has 0 saturated carbocycles. The molecule has 0 saturated heterocycles. The molecular formula is C11H16ClNO3S. The Morgan fingerprint density at radius 2 is 2.12 bits per heavy atom. The summed E-state index contributed by atoms with van der Waals surface area (Å²) in [7, 11) is -3.00. The number of benzene rings is 1. The van der Waals surface area contributed by atoms with E-state index in [1.54, 1.807) is 25.1 Å². The quantitative estimate of drug-likeness (QED) is 0.858. The van der Waals surface area contributed by atoms with Crippen LogP contribution in [-0.4, -0.2) is 26.5 Å². The fourth-order valence-corrected chi connectivity index (χ4v) is 2.09. The van der Waals surface area contributed by atoms with E-state index in [0.29, 0.717) is 17.3 Å². The molecule has 0 radical (unpaired) electrons. The first-order valence-corrected chi connectivity index (χ1v) is 7.50. The van der Waals surface area contributed by atoms with Gasteiger partial charge in [-0.05, 0) is 17.7 Å². The van der Waals surface area contributed by atoms with E-state index in [2.05, 4.69) is 0 Å². The Bertz CT molecular complexity index is 474. The van der Waals surface area contributed by atoms with Crippen molar-refractivity contribution in [1.82, 2.24) is 0 Å². The van der Waals surface area contributed by atoms with E-state index in [0.717, 1.165) is 5.56 Å². The van der Waals surface area contributed by atoms with Gasteiger partial charge in [0.2, 0.25) is 0 Å². The minimum atomic E-state index is -3.00. The number of halogens is 1. The first kappa shape index (κ1) is 14.3. The minimum Gasteiger partial charge on any atom is -0.491 e. The summed E-state index contributed by atoms with van der Waals surface area (Å²) in [5.41, 5.74) is 6.37. The van der Waals surface area contributed by atoms with Crippen LogP contribution in [0.3, 0.4) is 0 Å². The average Bonchev–Trinajstić information content (AvgIpc) is 2.31. The smallest absolute Gasteiger partial charge is 0.153 e. The Labute approximate surface area is 107 Å². The van der Waals surface area contributed by atoms with Crippen molar-refractivity contribution >= 4 is 21.4 Å². The molecule has 0 amide bonds. The Morgan fingerprint density at radius 1 is 1.41 bits per heavy atom. The molecule has 0 aliphatic heterocycles. The second-order valence-electron chi connectivity index (χ2n) is 3.55.